The predicted octanol–water partition coefficient (Wildman–Crippen LogP) is 3.49. The zero-order chi connectivity index (χ0) is 17.9. The number of carbonyl (C=O) groups is 1. The third kappa shape index (κ3) is 3.24. The summed E-state index contributed by atoms with van der Waals surface area (Å²) in [6, 6.07) is 17.2. The van der Waals surface area contributed by atoms with E-state index in [2.05, 4.69) is 15.0 Å². The van der Waals surface area contributed by atoms with E-state index >= 15 is 0 Å². The van der Waals surface area contributed by atoms with Gasteiger partial charge in [0, 0.05) is 31.5 Å². The van der Waals surface area contributed by atoms with E-state index in [-0.39, 0.29) is 5.91 Å². The molecule has 0 aliphatic heterocycles. The highest BCUT2D eigenvalue weighted by molar-refractivity contribution is 5.98. The number of nitrogens with zero attached hydrogens (tertiary/aromatic N) is 4. The van der Waals surface area contributed by atoms with Gasteiger partial charge >= 0.3 is 0 Å². The summed E-state index contributed by atoms with van der Waals surface area (Å²) < 4.78 is 0. The maximum Gasteiger partial charge on any atom is 0.253 e. The minimum Gasteiger partial charge on any atom is -0.341 e. The van der Waals surface area contributed by atoms with E-state index in [0.717, 1.165) is 34.1 Å². The predicted molar refractivity (Wildman–Crippen MR) is 102 cm³/mol. The first-order valence-corrected chi connectivity index (χ1v) is 8.51. The second-order valence-electron chi connectivity index (χ2n) is 6.25. The van der Waals surface area contributed by atoms with Gasteiger partial charge in [0.2, 0.25) is 0 Å². The lowest BCUT2D eigenvalue weighted by atomic mass is 10.1. The Morgan fingerprint density at radius 3 is 2.27 bits per heavy atom. The van der Waals surface area contributed by atoms with E-state index in [1.54, 1.807) is 17.3 Å². The van der Waals surface area contributed by atoms with Crippen LogP contribution in [0.4, 0.5) is 0 Å². The first-order valence-electron chi connectivity index (χ1n) is 8.51. The standard InChI is InChI=1S/C21H18N4O/c1-25(13-10-15-8-11-22-12-9-15)21(26)16-6-7-19-20(14-16)24-18-5-3-2-4-17(18)23-19/h2-9,11-12,14H,10,13H2,1H3. The molecule has 0 unspecified atom stereocenters. The number of carbonyl (C=O) groups excluding carboxylic acids is 1. The van der Waals surface area contributed by atoms with Crippen LogP contribution in [0, 0.1) is 0 Å². The summed E-state index contributed by atoms with van der Waals surface area (Å²) >= 11 is 0. The molecule has 0 atom stereocenters. The molecule has 4 aromatic rings. The molecule has 5 heteroatoms. The highest BCUT2D eigenvalue weighted by atomic mass is 16.2. The lowest BCUT2D eigenvalue weighted by molar-refractivity contribution is 0.0797. The summed E-state index contributed by atoms with van der Waals surface area (Å²) in [5, 5.41) is 0. The van der Waals surface area contributed by atoms with Crippen LogP contribution in [0.5, 0.6) is 0 Å². The van der Waals surface area contributed by atoms with Crippen LogP contribution in [0.3, 0.4) is 0 Å². The van der Waals surface area contributed by atoms with Gasteiger partial charge in [-0.25, -0.2) is 9.97 Å². The third-order valence-corrected chi connectivity index (χ3v) is 4.42. The van der Waals surface area contributed by atoms with Gasteiger partial charge in [-0.1, -0.05) is 12.1 Å². The van der Waals surface area contributed by atoms with E-state index in [4.69, 9.17) is 0 Å². The van der Waals surface area contributed by atoms with Gasteiger partial charge < -0.3 is 4.90 Å². The molecule has 0 bridgehead atoms. The number of benzene rings is 2. The number of hydrogen-bond acceptors (Lipinski definition) is 4. The summed E-state index contributed by atoms with van der Waals surface area (Å²) in [7, 11) is 1.82. The molecule has 2 heterocycles. The molecule has 26 heavy (non-hydrogen) atoms. The molecule has 0 fully saturated rings. The Hall–Kier alpha value is -3.34. The van der Waals surface area contributed by atoms with Crippen LogP contribution in [-0.4, -0.2) is 39.4 Å². The van der Waals surface area contributed by atoms with Crippen LogP contribution >= 0.6 is 0 Å². The Morgan fingerprint density at radius 2 is 1.54 bits per heavy atom. The highest BCUT2D eigenvalue weighted by Crippen LogP contribution is 2.18. The number of pyridine rings is 1. The first kappa shape index (κ1) is 16.1. The van der Waals surface area contributed by atoms with Crippen LogP contribution in [-0.2, 0) is 6.42 Å². The van der Waals surface area contributed by atoms with Gasteiger partial charge in [-0.3, -0.25) is 9.78 Å². The topological polar surface area (TPSA) is 59.0 Å². The monoisotopic (exact) mass is 342 g/mol. The zero-order valence-corrected chi connectivity index (χ0v) is 14.5. The lowest BCUT2D eigenvalue weighted by Crippen LogP contribution is -2.28. The van der Waals surface area contributed by atoms with Crippen molar-refractivity contribution in [3.05, 3.63) is 78.1 Å². The van der Waals surface area contributed by atoms with Crippen molar-refractivity contribution in [2.45, 2.75) is 6.42 Å². The van der Waals surface area contributed by atoms with Crippen molar-refractivity contribution >= 4 is 28.0 Å². The zero-order valence-electron chi connectivity index (χ0n) is 14.5. The average molecular weight is 342 g/mol. The molecule has 2 aromatic heterocycles. The van der Waals surface area contributed by atoms with E-state index in [1.807, 2.05) is 61.6 Å². The summed E-state index contributed by atoms with van der Waals surface area (Å²) in [5.74, 6) is -0.0177. The third-order valence-electron chi connectivity index (χ3n) is 4.42. The average Bonchev–Trinajstić information content (AvgIpc) is 2.70. The fourth-order valence-electron chi connectivity index (χ4n) is 2.92. The molecular formula is C21H18N4O. The molecule has 0 N–H and O–H groups in total. The molecule has 4 rings (SSSR count). The van der Waals surface area contributed by atoms with E-state index in [1.165, 1.54) is 0 Å². The smallest absolute Gasteiger partial charge is 0.253 e. The van der Waals surface area contributed by atoms with Crippen molar-refractivity contribution in [1.82, 2.24) is 19.9 Å². The van der Waals surface area contributed by atoms with Crippen LogP contribution in [0.1, 0.15) is 15.9 Å². The molecule has 0 radical (unpaired) electrons. The Labute approximate surface area is 151 Å². The van der Waals surface area contributed by atoms with Crippen molar-refractivity contribution < 1.29 is 4.79 Å². The molecule has 5 nitrogen and oxygen atoms in total. The van der Waals surface area contributed by atoms with E-state index in [9.17, 15) is 4.79 Å². The van der Waals surface area contributed by atoms with Crippen molar-refractivity contribution in [2.24, 2.45) is 0 Å². The largest absolute Gasteiger partial charge is 0.341 e. The fourth-order valence-corrected chi connectivity index (χ4v) is 2.92. The molecule has 0 aliphatic carbocycles. The normalized spacial score (nSPS) is 11.0. The van der Waals surface area contributed by atoms with Crippen molar-refractivity contribution in [3.63, 3.8) is 0 Å². The van der Waals surface area contributed by atoms with Gasteiger partial charge in [0.25, 0.3) is 5.91 Å². The van der Waals surface area contributed by atoms with Crippen molar-refractivity contribution in [2.75, 3.05) is 13.6 Å². The van der Waals surface area contributed by atoms with Gasteiger partial charge in [0.15, 0.2) is 0 Å². The maximum atomic E-state index is 12.7. The maximum absolute atomic E-state index is 12.7. The second kappa shape index (κ2) is 6.88. The Balaban J connectivity index is 1.56. The highest BCUT2D eigenvalue weighted by Gasteiger charge is 2.13. The van der Waals surface area contributed by atoms with E-state index in [0.29, 0.717) is 12.1 Å². The number of fused-ring (bicyclic) bond motifs is 2. The number of amides is 1. The van der Waals surface area contributed by atoms with E-state index < -0.39 is 0 Å². The Bertz CT molecular complexity index is 1080. The SMILES string of the molecule is CN(CCc1ccncc1)C(=O)c1ccc2nc3ccccc3nc2c1. The number of hydrogen-bond donors (Lipinski definition) is 0. The molecule has 0 aliphatic rings. The quantitative estimate of drug-likeness (QED) is 0.533. The van der Waals surface area contributed by atoms with Crippen molar-refractivity contribution in [1.29, 1.82) is 0 Å². The van der Waals surface area contributed by atoms with Crippen LogP contribution in [0.25, 0.3) is 22.1 Å². The van der Waals surface area contributed by atoms with Gasteiger partial charge in [-0.15, -0.1) is 0 Å². The minimum atomic E-state index is -0.0177. The first-order chi connectivity index (χ1) is 12.7. The van der Waals surface area contributed by atoms with Crippen LogP contribution in [0.2, 0.25) is 0 Å². The molecule has 0 saturated heterocycles. The Kier molecular flexibility index (Phi) is 4.27. The van der Waals surface area contributed by atoms with Gasteiger partial charge in [-0.05, 0) is 54.4 Å². The Morgan fingerprint density at radius 1 is 0.885 bits per heavy atom. The summed E-state index contributed by atoms with van der Waals surface area (Å²) in [4.78, 5) is 27.7. The number of rotatable bonds is 4. The molecule has 2 aromatic carbocycles. The molecule has 0 spiro atoms. The lowest BCUT2D eigenvalue weighted by Gasteiger charge is -2.17. The molecular weight excluding hydrogens is 324 g/mol. The van der Waals surface area contributed by atoms with Crippen molar-refractivity contribution in [3.8, 4) is 0 Å². The molecule has 128 valence electrons. The fraction of sp³-hybridized carbons (Fsp3) is 0.143. The van der Waals surface area contributed by atoms with Gasteiger partial charge in [-0.2, -0.15) is 0 Å². The minimum absolute atomic E-state index is 0.0177. The number of para-hydroxylation sites is 2. The van der Waals surface area contributed by atoms with Crippen LogP contribution < -0.4 is 0 Å². The summed E-state index contributed by atoms with van der Waals surface area (Å²) in [5.41, 5.74) is 5.00. The van der Waals surface area contributed by atoms with Gasteiger partial charge in [0.1, 0.15) is 0 Å². The second-order valence-corrected chi connectivity index (χ2v) is 6.25. The number of likely N-dealkylation sites (N-methyl/N-ethyl adjacent to an activating group) is 1. The molecule has 0 saturated carbocycles. The number of aromatic nitrogens is 3. The summed E-state index contributed by atoms with van der Waals surface area (Å²) in [6.45, 7) is 0.643. The van der Waals surface area contributed by atoms with Crippen LogP contribution in [0.15, 0.2) is 67.0 Å². The van der Waals surface area contributed by atoms with Gasteiger partial charge in [0.05, 0.1) is 22.1 Å². The molecule has 1 amide bonds. The summed E-state index contributed by atoms with van der Waals surface area (Å²) in [6.07, 6.45) is 4.33.